The molecule has 0 aromatic heterocycles. The fourth-order valence-corrected chi connectivity index (χ4v) is 3.49. The van der Waals surface area contributed by atoms with Crippen LogP contribution in [0.15, 0.2) is 53.4 Å². The van der Waals surface area contributed by atoms with E-state index in [1.807, 2.05) is 6.07 Å². The average Bonchev–Trinajstić information content (AvgIpc) is 3.01. The normalized spacial score (nSPS) is 14.8. The highest BCUT2D eigenvalue weighted by Crippen LogP contribution is 2.32. The summed E-state index contributed by atoms with van der Waals surface area (Å²) in [6.45, 7) is 0.208. The van der Waals surface area contributed by atoms with E-state index in [0.29, 0.717) is 21.8 Å². The summed E-state index contributed by atoms with van der Waals surface area (Å²) in [6, 6.07) is 15.3. The Hall–Kier alpha value is -3.57. The molecule has 2 aromatic carbocycles. The predicted octanol–water partition coefficient (Wildman–Crippen LogP) is 3.03. The topological polar surface area (TPSA) is 99.5 Å². The van der Waals surface area contributed by atoms with Gasteiger partial charge in [0.05, 0.1) is 23.6 Å². The van der Waals surface area contributed by atoms with Crippen LogP contribution in [0.1, 0.15) is 21.5 Å². The van der Waals surface area contributed by atoms with Crippen molar-refractivity contribution in [1.82, 2.24) is 10.2 Å². The molecule has 1 heterocycles. The van der Waals surface area contributed by atoms with Crippen molar-refractivity contribution in [3.8, 4) is 11.8 Å². The Morgan fingerprint density at radius 1 is 1.17 bits per heavy atom. The Labute approximate surface area is 172 Å². The highest BCUT2D eigenvalue weighted by molar-refractivity contribution is 8.18. The van der Waals surface area contributed by atoms with Gasteiger partial charge >= 0.3 is 0 Å². The number of benzene rings is 2. The van der Waals surface area contributed by atoms with Gasteiger partial charge in [-0.05, 0) is 59.8 Å². The van der Waals surface area contributed by atoms with E-state index in [4.69, 9.17) is 10.00 Å². The summed E-state index contributed by atoms with van der Waals surface area (Å²) in [5.41, 5.74) is 1.64. The first kappa shape index (κ1) is 20.2. The van der Waals surface area contributed by atoms with E-state index in [-0.39, 0.29) is 30.1 Å². The van der Waals surface area contributed by atoms with Gasteiger partial charge in [-0.3, -0.25) is 19.3 Å². The fraction of sp³-hybridized carbons (Fsp3) is 0.143. The molecular weight excluding hydrogens is 390 g/mol. The molecule has 8 heteroatoms. The monoisotopic (exact) mass is 407 g/mol. The van der Waals surface area contributed by atoms with Gasteiger partial charge in [0.25, 0.3) is 17.1 Å². The molecule has 0 aliphatic carbocycles. The maximum absolute atomic E-state index is 12.5. The minimum Gasteiger partial charge on any atom is -0.497 e. The van der Waals surface area contributed by atoms with Crippen molar-refractivity contribution < 1.29 is 19.1 Å². The van der Waals surface area contributed by atoms with Crippen molar-refractivity contribution in [3.05, 3.63) is 70.1 Å². The van der Waals surface area contributed by atoms with E-state index in [1.165, 1.54) is 0 Å². The zero-order chi connectivity index (χ0) is 20.8. The van der Waals surface area contributed by atoms with Gasteiger partial charge in [0.1, 0.15) is 5.75 Å². The summed E-state index contributed by atoms with van der Waals surface area (Å²) in [5.74, 6) is -0.0214. The summed E-state index contributed by atoms with van der Waals surface area (Å²) < 4.78 is 5.10. The van der Waals surface area contributed by atoms with Gasteiger partial charge < -0.3 is 10.1 Å². The third-order valence-electron chi connectivity index (χ3n) is 4.18. The molecule has 0 bridgehead atoms. The van der Waals surface area contributed by atoms with Crippen LogP contribution in [0.5, 0.6) is 5.75 Å². The first-order valence-electron chi connectivity index (χ1n) is 8.69. The van der Waals surface area contributed by atoms with Gasteiger partial charge in [-0.25, -0.2) is 0 Å². The fourth-order valence-electron chi connectivity index (χ4n) is 2.62. The largest absolute Gasteiger partial charge is 0.497 e. The van der Waals surface area contributed by atoms with E-state index in [2.05, 4.69) is 5.32 Å². The van der Waals surface area contributed by atoms with Crippen LogP contribution < -0.4 is 10.1 Å². The third-order valence-corrected chi connectivity index (χ3v) is 5.09. The molecule has 0 atom stereocenters. The highest BCUT2D eigenvalue weighted by atomic mass is 32.2. The molecule has 1 fully saturated rings. The number of imide groups is 1. The zero-order valence-electron chi connectivity index (χ0n) is 15.5. The number of rotatable bonds is 6. The Kier molecular flexibility index (Phi) is 6.32. The lowest BCUT2D eigenvalue weighted by molar-refractivity contribution is -0.122. The average molecular weight is 407 g/mol. The quantitative estimate of drug-likeness (QED) is 0.739. The number of thioether (sulfide) groups is 1. The molecule has 0 unspecified atom stereocenters. The van der Waals surface area contributed by atoms with Gasteiger partial charge in [-0.15, -0.1) is 0 Å². The van der Waals surface area contributed by atoms with Crippen LogP contribution in [0.3, 0.4) is 0 Å². The van der Waals surface area contributed by atoms with E-state index in [0.717, 1.165) is 22.2 Å². The SMILES string of the molecule is COc1ccc(C=C2SC(=O)N(CCNC(=O)c3ccc(C#N)cc3)C2=O)cc1. The van der Waals surface area contributed by atoms with Crippen molar-refractivity contribution in [2.45, 2.75) is 0 Å². The molecular formula is C21H17N3O4S. The van der Waals surface area contributed by atoms with Gasteiger partial charge in [0.2, 0.25) is 0 Å². The van der Waals surface area contributed by atoms with Crippen LogP contribution in [0.4, 0.5) is 4.79 Å². The van der Waals surface area contributed by atoms with E-state index in [9.17, 15) is 14.4 Å². The Morgan fingerprint density at radius 2 is 1.86 bits per heavy atom. The standard InChI is InChI=1S/C21H17N3O4S/c1-28-17-8-4-14(5-9-17)12-18-20(26)24(21(27)29-18)11-10-23-19(25)16-6-2-15(13-22)3-7-16/h2-9,12H,10-11H2,1H3,(H,23,25). The lowest BCUT2D eigenvalue weighted by atomic mass is 10.1. The Balaban J connectivity index is 1.57. The summed E-state index contributed by atoms with van der Waals surface area (Å²) in [4.78, 5) is 38.2. The second kappa shape index (κ2) is 9.08. The predicted molar refractivity (Wildman–Crippen MR) is 109 cm³/mol. The van der Waals surface area contributed by atoms with Crippen molar-refractivity contribution >= 4 is 34.9 Å². The molecule has 0 spiro atoms. The van der Waals surface area contributed by atoms with E-state index in [1.54, 1.807) is 61.7 Å². The summed E-state index contributed by atoms with van der Waals surface area (Å²) in [5, 5.41) is 11.1. The minimum atomic E-state index is -0.386. The van der Waals surface area contributed by atoms with Gasteiger partial charge in [0, 0.05) is 18.7 Å². The molecule has 1 aliphatic rings. The van der Waals surface area contributed by atoms with Crippen LogP contribution in [0, 0.1) is 11.3 Å². The van der Waals surface area contributed by atoms with Gasteiger partial charge in [-0.1, -0.05) is 12.1 Å². The number of nitrogens with zero attached hydrogens (tertiary/aromatic N) is 2. The molecule has 29 heavy (non-hydrogen) atoms. The summed E-state index contributed by atoms with van der Waals surface area (Å²) >= 11 is 0.870. The molecule has 146 valence electrons. The van der Waals surface area contributed by atoms with E-state index >= 15 is 0 Å². The van der Waals surface area contributed by atoms with Gasteiger partial charge in [-0.2, -0.15) is 5.26 Å². The molecule has 3 amide bonds. The van der Waals surface area contributed by atoms with Crippen LogP contribution >= 0.6 is 11.8 Å². The second-order valence-corrected chi connectivity index (χ2v) is 7.04. The minimum absolute atomic E-state index is 0.0760. The smallest absolute Gasteiger partial charge is 0.293 e. The number of carbonyl (C=O) groups is 3. The molecule has 3 rings (SSSR count). The van der Waals surface area contributed by atoms with E-state index < -0.39 is 0 Å². The lowest BCUT2D eigenvalue weighted by Gasteiger charge is -2.13. The lowest BCUT2D eigenvalue weighted by Crippen LogP contribution is -2.37. The zero-order valence-corrected chi connectivity index (χ0v) is 16.4. The van der Waals surface area contributed by atoms with Crippen molar-refractivity contribution in [1.29, 1.82) is 5.26 Å². The summed E-state index contributed by atoms with van der Waals surface area (Å²) in [7, 11) is 1.57. The van der Waals surface area contributed by atoms with Crippen LogP contribution in [0.2, 0.25) is 0 Å². The number of hydrogen-bond donors (Lipinski definition) is 1. The molecule has 0 saturated carbocycles. The molecule has 1 N–H and O–H groups in total. The third kappa shape index (κ3) is 4.83. The second-order valence-electron chi connectivity index (χ2n) is 6.05. The van der Waals surface area contributed by atoms with Crippen LogP contribution in [0.25, 0.3) is 6.08 Å². The molecule has 7 nitrogen and oxygen atoms in total. The number of carbonyl (C=O) groups excluding carboxylic acids is 3. The highest BCUT2D eigenvalue weighted by Gasteiger charge is 2.34. The number of hydrogen-bond acceptors (Lipinski definition) is 6. The van der Waals surface area contributed by atoms with Crippen molar-refractivity contribution in [2.75, 3.05) is 20.2 Å². The first-order valence-corrected chi connectivity index (χ1v) is 9.51. The number of nitrogens with one attached hydrogen (secondary N) is 1. The number of nitriles is 1. The maximum Gasteiger partial charge on any atom is 0.293 e. The first-order chi connectivity index (χ1) is 14.0. The Morgan fingerprint density at radius 3 is 2.48 bits per heavy atom. The van der Waals surface area contributed by atoms with Crippen molar-refractivity contribution in [3.63, 3.8) is 0 Å². The molecule has 1 aliphatic heterocycles. The summed E-state index contributed by atoms with van der Waals surface area (Å²) in [6.07, 6.45) is 1.65. The maximum atomic E-state index is 12.5. The Bertz CT molecular complexity index is 1010. The van der Waals surface area contributed by atoms with Crippen LogP contribution in [-0.4, -0.2) is 42.2 Å². The molecule has 0 radical (unpaired) electrons. The number of methoxy groups -OCH3 is 1. The number of ether oxygens (including phenoxy) is 1. The van der Waals surface area contributed by atoms with Crippen LogP contribution in [-0.2, 0) is 4.79 Å². The van der Waals surface area contributed by atoms with Gasteiger partial charge in [0.15, 0.2) is 0 Å². The van der Waals surface area contributed by atoms with Crippen molar-refractivity contribution in [2.24, 2.45) is 0 Å². The number of amides is 3. The molecule has 1 saturated heterocycles. The molecule has 2 aromatic rings.